The van der Waals surface area contributed by atoms with E-state index in [1.807, 2.05) is 13.8 Å². The highest BCUT2D eigenvalue weighted by atomic mass is 16.5. The Hall–Kier alpha value is -2.41. The standard InChI is InChI=1S/C13H16N4O3.C2H6/c1-7(14)11-13(18)15-12(17-16-11)8-4-5-9(19-2)10(6-8)20-3;1-2/h4-7H,14H2,1-3H3,(H,15,17,18);1-2H3. The Morgan fingerprint density at radius 3 is 2.27 bits per heavy atom. The van der Waals surface area contributed by atoms with Gasteiger partial charge in [0.25, 0.3) is 5.56 Å². The van der Waals surface area contributed by atoms with Crippen molar-refractivity contribution in [3.05, 3.63) is 34.2 Å². The first-order valence-electron chi connectivity index (χ1n) is 7.01. The summed E-state index contributed by atoms with van der Waals surface area (Å²) in [5, 5.41) is 7.84. The molecule has 3 N–H and O–H groups in total. The van der Waals surface area contributed by atoms with Crippen molar-refractivity contribution in [1.82, 2.24) is 15.2 Å². The predicted molar refractivity (Wildman–Crippen MR) is 85.1 cm³/mol. The maximum atomic E-state index is 11.8. The van der Waals surface area contributed by atoms with Gasteiger partial charge in [0.15, 0.2) is 17.3 Å². The van der Waals surface area contributed by atoms with Gasteiger partial charge in [-0.2, -0.15) is 0 Å². The van der Waals surface area contributed by atoms with Crippen LogP contribution in [-0.4, -0.2) is 29.4 Å². The van der Waals surface area contributed by atoms with Crippen molar-refractivity contribution in [3.63, 3.8) is 0 Å². The molecule has 22 heavy (non-hydrogen) atoms. The van der Waals surface area contributed by atoms with Crippen molar-refractivity contribution in [2.75, 3.05) is 14.2 Å². The lowest BCUT2D eigenvalue weighted by Gasteiger charge is -2.09. The van der Waals surface area contributed by atoms with Crippen molar-refractivity contribution >= 4 is 0 Å². The van der Waals surface area contributed by atoms with Crippen LogP contribution in [0.15, 0.2) is 23.0 Å². The van der Waals surface area contributed by atoms with Crippen LogP contribution in [0.3, 0.4) is 0 Å². The minimum atomic E-state index is -0.467. The molecule has 0 aliphatic heterocycles. The van der Waals surface area contributed by atoms with Crippen molar-refractivity contribution in [2.45, 2.75) is 26.8 Å². The Balaban J connectivity index is 0.00000116. The highest BCUT2D eigenvalue weighted by molar-refractivity contribution is 5.60. The molecule has 0 amide bonds. The number of aromatic nitrogens is 3. The van der Waals surface area contributed by atoms with E-state index in [4.69, 9.17) is 15.2 Å². The molecule has 0 bridgehead atoms. The molecule has 0 spiro atoms. The number of ether oxygens (including phenoxy) is 2. The van der Waals surface area contributed by atoms with Gasteiger partial charge in [0, 0.05) is 5.56 Å². The van der Waals surface area contributed by atoms with E-state index in [-0.39, 0.29) is 11.3 Å². The Labute approximate surface area is 129 Å². The van der Waals surface area contributed by atoms with E-state index in [9.17, 15) is 4.79 Å². The van der Waals surface area contributed by atoms with E-state index in [1.54, 1.807) is 32.2 Å². The number of nitrogens with one attached hydrogen (secondary N) is 1. The van der Waals surface area contributed by atoms with E-state index < -0.39 is 6.04 Å². The average Bonchev–Trinajstić information content (AvgIpc) is 2.55. The fraction of sp³-hybridized carbons (Fsp3) is 0.400. The maximum absolute atomic E-state index is 11.8. The molecule has 0 aliphatic rings. The first-order chi connectivity index (χ1) is 10.6. The third kappa shape index (κ3) is 3.82. The Morgan fingerprint density at radius 2 is 1.77 bits per heavy atom. The van der Waals surface area contributed by atoms with Crippen LogP contribution < -0.4 is 20.8 Å². The fourth-order valence-electron chi connectivity index (χ4n) is 1.76. The van der Waals surface area contributed by atoms with Crippen LogP contribution in [0.4, 0.5) is 0 Å². The molecular weight excluding hydrogens is 284 g/mol. The van der Waals surface area contributed by atoms with Crippen LogP contribution in [0.25, 0.3) is 11.4 Å². The van der Waals surface area contributed by atoms with Gasteiger partial charge < -0.3 is 20.2 Å². The van der Waals surface area contributed by atoms with Gasteiger partial charge in [0.1, 0.15) is 5.69 Å². The molecular formula is C15H22N4O3. The molecule has 0 aliphatic carbocycles. The fourth-order valence-corrected chi connectivity index (χ4v) is 1.76. The third-order valence-electron chi connectivity index (χ3n) is 2.81. The first kappa shape index (κ1) is 17.6. The second-order valence-electron chi connectivity index (χ2n) is 4.25. The highest BCUT2D eigenvalue weighted by Gasteiger charge is 2.12. The number of nitrogens with two attached hydrogens (primary N) is 1. The van der Waals surface area contributed by atoms with Crippen LogP contribution in [-0.2, 0) is 0 Å². The molecule has 1 aromatic carbocycles. The third-order valence-corrected chi connectivity index (χ3v) is 2.81. The van der Waals surface area contributed by atoms with E-state index in [0.29, 0.717) is 22.9 Å². The van der Waals surface area contributed by atoms with Gasteiger partial charge in [0.05, 0.1) is 20.3 Å². The van der Waals surface area contributed by atoms with Gasteiger partial charge in [-0.15, -0.1) is 10.2 Å². The molecule has 0 radical (unpaired) electrons. The Kier molecular flexibility index (Phi) is 6.52. The summed E-state index contributed by atoms with van der Waals surface area (Å²) in [5.74, 6) is 1.49. The number of rotatable bonds is 4. The van der Waals surface area contributed by atoms with Gasteiger partial charge in [-0.25, -0.2) is 0 Å². The number of aromatic amines is 1. The number of benzene rings is 1. The van der Waals surface area contributed by atoms with Gasteiger partial charge >= 0.3 is 0 Å². The smallest absolute Gasteiger partial charge is 0.274 e. The Bertz CT molecular complexity index is 668. The van der Waals surface area contributed by atoms with Crippen molar-refractivity contribution < 1.29 is 9.47 Å². The lowest BCUT2D eigenvalue weighted by molar-refractivity contribution is 0.355. The molecule has 0 saturated carbocycles. The minimum absolute atomic E-state index is 0.203. The zero-order valence-electron chi connectivity index (χ0n) is 13.5. The summed E-state index contributed by atoms with van der Waals surface area (Å²) in [6.07, 6.45) is 0. The van der Waals surface area contributed by atoms with E-state index >= 15 is 0 Å². The van der Waals surface area contributed by atoms with E-state index in [1.165, 1.54) is 7.11 Å². The molecule has 0 fully saturated rings. The molecule has 0 saturated heterocycles. The largest absolute Gasteiger partial charge is 0.493 e. The second-order valence-corrected chi connectivity index (χ2v) is 4.25. The highest BCUT2D eigenvalue weighted by Crippen LogP contribution is 2.30. The number of nitrogens with zero attached hydrogens (tertiary/aromatic N) is 2. The molecule has 1 unspecified atom stereocenters. The summed E-state index contributed by atoms with van der Waals surface area (Å²) >= 11 is 0. The monoisotopic (exact) mass is 306 g/mol. The predicted octanol–water partition coefficient (Wildman–Crippen LogP) is 1.89. The lowest BCUT2D eigenvalue weighted by atomic mass is 10.2. The second kappa shape index (κ2) is 8.14. The summed E-state index contributed by atoms with van der Waals surface area (Å²) < 4.78 is 10.4. The van der Waals surface area contributed by atoms with Gasteiger partial charge in [-0.05, 0) is 25.1 Å². The molecule has 7 heteroatoms. The quantitative estimate of drug-likeness (QED) is 0.894. The Morgan fingerprint density at radius 1 is 1.14 bits per heavy atom. The van der Waals surface area contributed by atoms with E-state index in [2.05, 4.69) is 15.2 Å². The van der Waals surface area contributed by atoms with Crippen LogP contribution in [0, 0.1) is 0 Å². The van der Waals surface area contributed by atoms with Crippen molar-refractivity contribution in [1.29, 1.82) is 0 Å². The zero-order valence-corrected chi connectivity index (χ0v) is 13.5. The normalized spacial score (nSPS) is 11.2. The van der Waals surface area contributed by atoms with Crippen molar-refractivity contribution in [2.24, 2.45) is 5.73 Å². The van der Waals surface area contributed by atoms with E-state index in [0.717, 1.165) is 0 Å². The van der Waals surface area contributed by atoms with Gasteiger partial charge in [0.2, 0.25) is 0 Å². The molecule has 1 atom stereocenters. The molecule has 120 valence electrons. The summed E-state index contributed by atoms with van der Waals surface area (Å²) in [4.78, 5) is 14.5. The average molecular weight is 306 g/mol. The summed E-state index contributed by atoms with van der Waals surface area (Å²) in [6.45, 7) is 5.68. The molecule has 2 aromatic rings. The SMILES string of the molecule is CC.COc1ccc(-c2nnc(C(C)N)c(=O)[nH]2)cc1OC. The topological polar surface area (TPSA) is 103 Å². The molecule has 1 heterocycles. The molecule has 1 aromatic heterocycles. The zero-order chi connectivity index (χ0) is 16.7. The maximum Gasteiger partial charge on any atom is 0.274 e. The lowest BCUT2D eigenvalue weighted by Crippen LogP contribution is -2.23. The molecule has 2 rings (SSSR count). The summed E-state index contributed by atoms with van der Waals surface area (Å²) in [6, 6.07) is 4.73. The van der Waals surface area contributed by atoms with Crippen LogP contribution in [0.1, 0.15) is 32.5 Å². The van der Waals surface area contributed by atoms with Gasteiger partial charge in [-0.3, -0.25) is 4.79 Å². The van der Waals surface area contributed by atoms with Crippen molar-refractivity contribution in [3.8, 4) is 22.9 Å². The summed E-state index contributed by atoms with van der Waals surface area (Å²) in [5.41, 5.74) is 6.15. The number of hydrogen-bond acceptors (Lipinski definition) is 6. The number of methoxy groups -OCH3 is 2. The van der Waals surface area contributed by atoms with Crippen LogP contribution in [0.2, 0.25) is 0 Å². The summed E-state index contributed by atoms with van der Waals surface area (Å²) in [7, 11) is 3.09. The first-order valence-corrected chi connectivity index (χ1v) is 7.01. The van der Waals surface area contributed by atoms with Crippen LogP contribution in [0.5, 0.6) is 11.5 Å². The minimum Gasteiger partial charge on any atom is -0.493 e. The number of H-pyrrole nitrogens is 1. The van der Waals surface area contributed by atoms with Gasteiger partial charge in [-0.1, -0.05) is 13.8 Å². The van der Waals surface area contributed by atoms with Crippen LogP contribution >= 0.6 is 0 Å². The number of hydrogen-bond donors (Lipinski definition) is 2. The molecule has 7 nitrogen and oxygen atoms in total.